The molecule has 0 spiro atoms. The van der Waals surface area contributed by atoms with Gasteiger partial charge in [-0.1, -0.05) is 30.7 Å². The number of carbonyl (C=O) groups excluding carboxylic acids is 1. The number of piperidine rings is 1. The number of aromatic nitrogens is 2. The second-order valence-corrected chi connectivity index (χ2v) is 10.7. The molecule has 1 fully saturated rings. The number of hydrogen-bond acceptors (Lipinski definition) is 4. The standard InChI is InChI=1S/C29H30BrF3N4O2/c1-2-25-26(37-15-3-4-24(30)27(37)35-25)28(38)34-18-19-5-9-22(10-6-19)36-16-13-21(14-17-36)20-7-11-23(12-8-20)39-29(31,32)33/h3-7,9-11,15,21H,2,8,12-14,16-18H2,1H3,(H,34,38). The SMILES string of the molecule is CCc1nc2c(Br)cccn2c1C(=O)NCc1ccc(N2CCC(C3=CC=C(OC(F)(F)F)CC3)CC2)cc1. The molecule has 2 aliphatic rings. The van der Waals surface area contributed by atoms with E-state index in [9.17, 15) is 18.0 Å². The normalized spacial score (nSPS) is 16.7. The molecule has 0 unspecified atom stereocenters. The first-order valence-corrected chi connectivity index (χ1v) is 13.9. The highest BCUT2D eigenvalue weighted by atomic mass is 79.9. The Balaban J connectivity index is 1.15. The average molecular weight is 603 g/mol. The maximum absolute atomic E-state index is 13.1. The molecule has 206 valence electrons. The molecule has 1 aliphatic heterocycles. The van der Waals surface area contributed by atoms with Gasteiger partial charge in [0.25, 0.3) is 5.91 Å². The smallest absolute Gasteiger partial charge is 0.410 e. The molecular formula is C29H30BrF3N4O2. The van der Waals surface area contributed by atoms with E-state index in [0.717, 1.165) is 53.0 Å². The summed E-state index contributed by atoms with van der Waals surface area (Å²) in [5, 5.41) is 3.03. The summed E-state index contributed by atoms with van der Waals surface area (Å²) < 4.78 is 44.0. The van der Waals surface area contributed by atoms with Gasteiger partial charge >= 0.3 is 6.36 Å². The molecule has 0 radical (unpaired) electrons. The Bertz CT molecular complexity index is 1400. The van der Waals surface area contributed by atoms with Crippen LogP contribution in [-0.4, -0.2) is 34.7 Å². The number of benzene rings is 1. The molecule has 1 amide bonds. The third-order valence-corrected chi connectivity index (χ3v) is 8.01. The minimum absolute atomic E-state index is 0.0163. The van der Waals surface area contributed by atoms with Crippen LogP contribution in [-0.2, 0) is 17.7 Å². The molecule has 5 rings (SSSR count). The number of hydrogen-bond donors (Lipinski definition) is 1. The molecule has 1 aromatic carbocycles. The van der Waals surface area contributed by atoms with Crippen LogP contribution < -0.4 is 10.2 Å². The molecule has 10 heteroatoms. The van der Waals surface area contributed by atoms with Crippen molar-refractivity contribution in [2.45, 2.75) is 51.9 Å². The summed E-state index contributed by atoms with van der Waals surface area (Å²) in [6.45, 7) is 4.17. The number of allylic oxidation sites excluding steroid dienone is 4. The zero-order valence-corrected chi connectivity index (χ0v) is 23.2. The number of alkyl halides is 3. The van der Waals surface area contributed by atoms with Crippen LogP contribution >= 0.6 is 15.9 Å². The van der Waals surface area contributed by atoms with E-state index < -0.39 is 6.36 Å². The van der Waals surface area contributed by atoms with Crippen molar-refractivity contribution in [1.82, 2.24) is 14.7 Å². The van der Waals surface area contributed by atoms with E-state index >= 15 is 0 Å². The molecule has 1 N–H and O–H groups in total. The molecule has 0 saturated carbocycles. The number of nitrogens with zero attached hydrogens (tertiary/aromatic N) is 3. The Kier molecular flexibility index (Phi) is 8.02. The minimum atomic E-state index is -4.63. The zero-order chi connectivity index (χ0) is 27.6. The van der Waals surface area contributed by atoms with Gasteiger partial charge in [0.2, 0.25) is 0 Å². The van der Waals surface area contributed by atoms with E-state index in [1.807, 2.05) is 47.9 Å². The quantitative estimate of drug-likeness (QED) is 0.318. The van der Waals surface area contributed by atoms with E-state index in [-0.39, 0.29) is 18.1 Å². The Morgan fingerprint density at radius 3 is 2.51 bits per heavy atom. The van der Waals surface area contributed by atoms with Crippen molar-refractivity contribution in [2.24, 2.45) is 5.92 Å². The lowest BCUT2D eigenvalue weighted by molar-refractivity contribution is -0.306. The fourth-order valence-electron chi connectivity index (χ4n) is 5.38. The maximum atomic E-state index is 13.1. The maximum Gasteiger partial charge on any atom is 0.572 e. The van der Waals surface area contributed by atoms with Crippen LogP contribution in [0.3, 0.4) is 0 Å². The van der Waals surface area contributed by atoms with E-state index in [0.29, 0.717) is 31.0 Å². The number of anilines is 1. The van der Waals surface area contributed by atoms with Crippen LogP contribution in [0.2, 0.25) is 0 Å². The van der Waals surface area contributed by atoms with E-state index in [1.54, 1.807) is 0 Å². The molecule has 6 nitrogen and oxygen atoms in total. The summed E-state index contributed by atoms with van der Waals surface area (Å²) in [7, 11) is 0. The van der Waals surface area contributed by atoms with Crippen molar-refractivity contribution in [2.75, 3.05) is 18.0 Å². The molecule has 3 aromatic rings. The molecule has 1 aliphatic carbocycles. The summed E-state index contributed by atoms with van der Waals surface area (Å²) >= 11 is 3.51. The van der Waals surface area contributed by atoms with Gasteiger partial charge in [0.1, 0.15) is 11.5 Å². The first-order valence-electron chi connectivity index (χ1n) is 13.1. The molecule has 39 heavy (non-hydrogen) atoms. The lowest BCUT2D eigenvalue weighted by Crippen LogP contribution is -2.34. The highest BCUT2D eigenvalue weighted by Crippen LogP contribution is 2.34. The minimum Gasteiger partial charge on any atom is -0.410 e. The summed E-state index contributed by atoms with van der Waals surface area (Å²) in [5.74, 6) is 0.206. The summed E-state index contributed by atoms with van der Waals surface area (Å²) in [4.78, 5) is 20.0. The number of fused-ring (bicyclic) bond motifs is 1. The number of aryl methyl sites for hydroxylation is 1. The molecule has 0 bridgehead atoms. The van der Waals surface area contributed by atoms with Gasteiger partial charge in [-0.25, -0.2) is 4.98 Å². The van der Waals surface area contributed by atoms with Gasteiger partial charge < -0.3 is 15.0 Å². The number of amides is 1. The number of pyridine rings is 1. The highest BCUT2D eigenvalue weighted by molar-refractivity contribution is 9.10. The first-order chi connectivity index (χ1) is 18.7. The van der Waals surface area contributed by atoms with Gasteiger partial charge in [-0.15, -0.1) is 13.2 Å². The molecule has 2 aromatic heterocycles. The van der Waals surface area contributed by atoms with Crippen molar-refractivity contribution in [1.29, 1.82) is 0 Å². The number of halogens is 4. The monoisotopic (exact) mass is 602 g/mol. The van der Waals surface area contributed by atoms with Crippen LogP contribution in [0.1, 0.15) is 54.4 Å². The van der Waals surface area contributed by atoms with E-state index in [4.69, 9.17) is 0 Å². The largest absolute Gasteiger partial charge is 0.572 e. The summed E-state index contributed by atoms with van der Waals surface area (Å²) in [6, 6.07) is 12.0. The first kappa shape index (κ1) is 27.3. The predicted molar refractivity (Wildman–Crippen MR) is 147 cm³/mol. The third-order valence-electron chi connectivity index (χ3n) is 7.39. The van der Waals surface area contributed by atoms with Gasteiger partial charge in [-0.3, -0.25) is 9.20 Å². The number of rotatable bonds is 7. The summed E-state index contributed by atoms with van der Waals surface area (Å²) in [6.07, 6.45) is 3.97. The molecule has 1 saturated heterocycles. The topological polar surface area (TPSA) is 58.9 Å². The van der Waals surface area contributed by atoms with Gasteiger partial charge in [0.05, 0.1) is 10.2 Å². The number of imidazole rings is 1. The predicted octanol–water partition coefficient (Wildman–Crippen LogP) is 6.95. The van der Waals surface area contributed by atoms with Crippen molar-refractivity contribution >= 4 is 33.2 Å². The van der Waals surface area contributed by atoms with E-state index in [1.165, 1.54) is 11.6 Å². The average Bonchev–Trinajstić information content (AvgIpc) is 3.32. The Labute approximate surface area is 233 Å². The van der Waals surface area contributed by atoms with Gasteiger partial charge in [-0.2, -0.15) is 0 Å². The Morgan fingerprint density at radius 2 is 1.87 bits per heavy atom. The molecule has 0 atom stereocenters. The third kappa shape index (κ3) is 6.32. The Hall–Kier alpha value is -3.27. The second kappa shape index (κ2) is 11.5. The number of nitrogens with one attached hydrogen (secondary N) is 1. The van der Waals surface area contributed by atoms with Crippen LogP contribution in [0.25, 0.3) is 5.65 Å². The van der Waals surface area contributed by atoms with E-state index in [2.05, 4.69) is 48.0 Å². The van der Waals surface area contributed by atoms with Crippen molar-refractivity contribution < 1.29 is 22.7 Å². The van der Waals surface area contributed by atoms with Crippen molar-refractivity contribution in [3.63, 3.8) is 0 Å². The van der Waals surface area contributed by atoms with Crippen molar-refractivity contribution in [3.05, 3.63) is 87.5 Å². The second-order valence-electron chi connectivity index (χ2n) is 9.84. The van der Waals surface area contributed by atoms with Gasteiger partial charge in [0, 0.05) is 37.9 Å². The van der Waals surface area contributed by atoms with Gasteiger partial charge in [-0.05, 0) is 83.4 Å². The number of carbonyl (C=O) groups is 1. The number of ether oxygens (including phenoxy) is 1. The van der Waals surface area contributed by atoms with Crippen LogP contribution in [0.5, 0.6) is 0 Å². The molecule has 3 heterocycles. The fourth-order valence-corrected chi connectivity index (χ4v) is 5.81. The van der Waals surface area contributed by atoms with Crippen LogP contribution in [0, 0.1) is 5.92 Å². The summed E-state index contributed by atoms with van der Waals surface area (Å²) in [5.41, 5.74) is 5.38. The highest BCUT2D eigenvalue weighted by Gasteiger charge is 2.33. The van der Waals surface area contributed by atoms with Crippen LogP contribution in [0.15, 0.2) is 70.6 Å². The lowest BCUT2D eigenvalue weighted by atomic mass is 9.84. The van der Waals surface area contributed by atoms with Gasteiger partial charge in [0.15, 0.2) is 5.65 Å². The Morgan fingerprint density at radius 1 is 1.13 bits per heavy atom. The molecular weight excluding hydrogens is 573 g/mol. The van der Waals surface area contributed by atoms with Crippen molar-refractivity contribution in [3.8, 4) is 0 Å². The van der Waals surface area contributed by atoms with Crippen LogP contribution in [0.4, 0.5) is 18.9 Å². The lowest BCUT2D eigenvalue weighted by Gasteiger charge is -2.35. The fraction of sp³-hybridized carbons (Fsp3) is 0.379. The zero-order valence-electron chi connectivity index (χ0n) is 21.6.